The number of hydrogen-bond acceptors (Lipinski definition) is 2. The quantitative estimate of drug-likeness (QED) is 0.806. The molecule has 2 heteroatoms. The third kappa shape index (κ3) is 3.56. The first-order valence-corrected chi connectivity index (χ1v) is 7.10. The van der Waals surface area contributed by atoms with Gasteiger partial charge in [-0.25, -0.2) is 0 Å². The van der Waals surface area contributed by atoms with Crippen molar-refractivity contribution < 1.29 is 0 Å². The Morgan fingerprint density at radius 3 is 2.33 bits per heavy atom. The average molecular weight is 246 g/mol. The molecule has 2 nitrogen and oxygen atoms in total. The van der Waals surface area contributed by atoms with Gasteiger partial charge >= 0.3 is 0 Å². The second-order valence-corrected chi connectivity index (χ2v) is 5.81. The molecular formula is C16H26N2. The number of piperidine rings is 1. The normalized spacial score (nSPS) is 20.2. The lowest BCUT2D eigenvalue weighted by molar-refractivity contribution is 0.140. The van der Waals surface area contributed by atoms with E-state index in [9.17, 15) is 0 Å². The molecule has 1 heterocycles. The molecular weight excluding hydrogens is 220 g/mol. The summed E-state index contributed by atoms with van der Waals surface area (Å²) in [7, 11) is 4.40. The van der Waals surface area contributed by atoms with Crippen molar-refractivity contribution in [3.05, 3.63) is 35.9 Å². The highest BCUT2D eigenvalue weighted by molar-refractivity contribution is 5.19. The van der Waals surface area contributed by atoms with E-state index in [0.29, 0.717) is 5.92 Å². The minimum absolute atomic E-state index is 0.641. The Balaban J connectivity index is 1.81. The summed E-state index contributed by atoms with van der Waals surface area (Å²) in [4.78, 5) is 5.00. The Morgan fingerprint density at radius 2 is 1.78 bits per heavy atom. The molecule has 0 N–H and O–H groups in total. The fourth-order valence-electron chi connectivity index (χ4n) is 2.89. The highest BCUT2D eigenvalue weighted by Crippen LogP contribution is 2.20. The van der Waals surface area contributed by atoms with Crippen LogP contribution in [0.1, 0.15) is 31.2 Å². The van der Waals surface area contributed by atoms with Crippen molar-refractivity contribution in [3.63, 3.8) is 0 Å². The van der Waals surface area contributed by atoms with E-state index in [4.69, 9.17) is 0 Å². The van der Waals surface area contributed by atoms with Crippen molar-refractivity contribution in [2.75, 3.05) is 33.7 Å². The molecule has 18 heavy (non-hydrogen) atoms. The molecule has 0 aromatic heterocycles. The van der Waals surface area contributed by atoms with Crippen molar-refractivity contribution in [1.82, 2.24) is 9.80 Å². The Bertz CT molecular complexity index is 339. The summed E-state index contributed by atoms with van der Waals surface area (Å²) in [6, 6.07) is 11.7. The first-order chi connectivity index (χ1) is 8.66. The Kier molecular flexibility index (Phi) is 4.79. The molecule has 1 aliphatic heterocycles. The number of nitrogens with zero attached hydrogens (tertiary/aromatic N) is 2. The van der Waals surface area contributed by atoms with E-state index in [1.165, 1.54) is 38.0 Å². The molecule has 0 spiro atoms. The van der Waals surface area contributed by atoms with Gasteiger partial charge in [-0.3, -0.25) is 0 Å². The summed E-state index contributed by atoms with van der Waals surface area (Å²) in [6.07, 6.45) is 2.63. The van der Waals surface area contributed by atoms with Gasteiger partial charge in [0.25, 0.3) is 0 Å². The lowest BCUT2D eigenvalue weighted by Crippen LogP contribution is -2.43. The molecule has 1 aromatic carbocycles. The predicted octanol–water partition coefficient (Wildman–Crippen LogP) is 2.82. The fourth-order valence-corrected chi connectivity index (χ4v) is 2.89. The minimum atomic E-state index is 0.641. The van der Waals surface area contributed by atoms with E-state index in [0.717, 1.165) is 6.04 Å². The van der Waals surface area contributed by atoms with Crippen molar-refractivity contribution >= 4 is 0 Å². The molecule has 1 aliphatic rings. The maximum absolute atomic E-state index is 2.62. The second-order valence-electron chi connectivity index (χ2n) is 5.81. The van der Waals surface area contributed by atoms with E-state index in [-0.39, 0.29) is 0 Å². The van der Waals surface area contributed by atoms with Crippen LogP contribution >= 0.6 is 0 Å². The van der Waals surface area contributed by atoms with Crippen LogP contribution in [0.3, 0.4) is 0 Å². The van der Waals surface area contributed by atoms with E-state index in [1.54, 1.807) is 0 Å². The van der Waals surface area contributed by atoms with Crippen LogP contribution in [0, 0.1) is 0 Å². The molecule has 0 radical (unpaired) electrons. The van der Waals surface area contributed by atoms with Gasteiger partial charge in [0.15, 0.2) is 0 Å². The number of hydrogen-bond donors (Lipinski definition) is 0. The Labute approximate surface area is 112 Å². The first-order valence-electron chi connectivity index (χ1n) is 7.10. The van der Waals surface area contributed by atoms with Crippen LogP contribution in [0.4, 0.5) is 0 Å². The molecule has 2 rings (SSSR count). The molecule has 1 fully saturated rings. The summed E-state index contributed by atoms with van der Waals surface area (Å²) in [5.74, 6) is 0.641. The largest absolute Gasteiger partial charge is 0.306 e. The zero-order valence-corrected chi connectivity index (χ0v) is 12.0. The fraction of sp³-hybridized carbons (Fsp3) is 0.625. The van der Waals surface area contributed by atoms with Crippen molar-refractivity contribution in [2.45, 2.75) is 31.7 Å². The van der Waals surface area contributed by atoms with E-state index < -0.39 is 0 Å². The van der Waals surface area contributed by atoms with Crippen LogP contribution in [-0.4, -0.2) is 49.6 Å². The molecule has 0 amide bonds. The molecule has 1 unspecified atom stereocenters. The molecule has 1 saturated heterocycles. The molecule has 1 aromatic rings. The average Bonchev–Trinajstić information content (AvgIpc) is 2.40. The van der Waals surface area contributed by atoms with Gasteiger partial charge in [-0.1, -0.05) is 37.3 Å². The van der Waals surface area contributed by atoms with Gasteiger partial charge in [-0.15, -0.1) is 0 Å². The van der Waals surface area contributed by atoms with Gasteiger partial charge in [0.1, 0.15) is 0 Å². The predicted molar refractivity (Wildman–Crippen MR) is 78.0 cm³/mol. The van der Waals surface area contributed by atoms with Crippen LogP contribution < -0.4 is 0 Å². The first kappa shape index (κ1) is 13.6. The van der Waals surface area contributed by atoms with Crippen molar-refractivity contribution in [1.29, 1.82) is 0 Å². The van der Waals surface area contributed by atoms with Gasteiger partial charge in [-0.2, -0.15) is 0 Å². The van der Waals surface area contributed by atoms with Gasteiger partial charge in [0.05, 0.1) is 0 Å². The molecule has 0 bridgehead atoms. The van der Waals surface area contributed by atoms with E-state index in [2.05, 4.69) is 61.2 Å². The van der Waals surface area contributed by atoms with Crippen LogP contribution in [0.25, 0.3) is 0 Å². The molecule has 100 valence electrons. The lowest BCUT2D eigenvalue weighted by Gasteiger charge is -2.36. The highest BCUT2D eigenvalue weighted by atomic mass is 15.2. The van der Waals surface area contributed by atoms with Gasteiger partial charge in [-0.05, 0) is 51.5 Å². The Hall–Kier alpha value is -0.860. The standard InChI is InChI=1S/C16H26N2/c1-14(15-7-5-4-6-8-15)13-18-11-9-16(10-12-18)17(2)3/h4-8,14,16H,9-13H2,1-3H3. The summed E-state index contributed by atoms with van der Waals surface area (Å²) in [5.41, 5.74) is 1.47. The summed E-state index contributed by atoms with van der Waals surface area (Å²) < 4.78 is 0. The van der Waals surface area contributed by atoms with Crippen LogP contribution in [0.2, 0.25) is 0 Å². The molecule has 1 atom stereocenters. The van der Waals surface area contributed by atoms with Gasteiger partial charge < -0.3 is 9.80 Å². The maximum atomic E-state index is 2.62. The van der Waals surface area contributed by atoms with Crippen LogP contribution in [-0.2, 0) is 0 Å². The second kappa shape index (κ2) is 6.35. The lowest BCUT2D eigenvalue weighted by atomic mass is 9.98. The molecule has 0 aliphatic carbocycles. The third-order valence-corrected chi connectivity index (χ3v) is 4.19. The van der Waals surface area contributed by atoms with Crippen LogP contribution in [0.5, 0.6) is 0 Å². The zero-order valence-electron chi connectivity index (χ0n) is 12.0. The monoisotopic (exact) mass is 246 g/mol. The van der Waals surface area contributed by atoms with E-state index >= 15 is 0 Å². The number of rotatable bonds is 4. The van der Waals surface area contributed by atoms with Gasteiger partial charge in [0, 0.05) is 12.6 Å². The maximum Gasteiger partial charge on any atom is 0.0113 e. The van der Waals surface area contributed by atoms with Crippen LogP contribution in [0.15, 0.2) is 30.3 Å². The molecule has 0 saturated carbocycles. The summed E-state index contributed by atoms with van der Waals surface area (Å²) >= 11 is 0. The number of benzene rings is 1. The Morgan fingerprint density at radius 1 is 1.17 bits per heavy atom. The summed E-state index contributed by atoms with van der Waals surface area (Å²) in [5, 5.41) is 0. The zero-order chi connectivity index (χ0) is 13.0. The minimum Gasteiger partial charge on any atom is -0.306 e. The third-order valence-electron chi connectivity index (χ3n) is 4.19. The summed E-state index contributed by atoms with van der Waals surface area (Å²) in [6.45, 7) is 6.04. The van der Waals surface area contributed by atoms with Crippen molar-refractivity contribution in [3.8, 4) is 0 Å². The van der Waals surface area contributed by atoms with E-state index in [1.807, 2.05) is 0 Å². The number of likely N-dealkylation sites (tertiary alicyclic amines) is 1. The highest BCUT2D eigenvalue weighted by Gasteiger charge is 2.21. The van der Waals surface area contributed by atoms with Crippen molar-refractivity contribution in [2.24, 2.45) is 0 Å². The van der Waals surface area contributed by atoms with Gasteiger partial charge in [0.2, 0.25) is 0 Å². The SMILES string of the molecule is CC(CN1CCC(N(C)C)CC1)c1ccccc1. The topological polar surface area (TPSA) is 6.48 Å². The smallest absolute Gasteiger partial charge is 0.0113 e.